The van der Waals surface area contributed by atoms with Crippen molar-refractivity contribution >= 4 is 13.6 Å². The molecule has 1 aromatic carbocycles. The Morgan fingerprint density at radius 2 is 1.38 bits per heavy atom. The molecule has 0 aromatic heterocycles. The molecule has 1 aromatic rings. The van der Waals surface area contributed by atoms with Gasteiger partial charge in [-0.25, -0.2) is 4.57 Å². The minimum atomic E-state index is -4.25. The number of phosphoric acid groups is 1. The van der Waals surface area contributed by atoms with Crippen molar-refractivity contribution in [2.75, 3.05) is 19.8 Å². The van der Waals surface area contributed by atoms with Gasteiger partial charge in [0, 0.05) is 12.8 Å². The Morgan fingerprint density at radius 3 is 1.93 bits per heavy atom. The van der Waals surface area contributed by atoms with Crippen molar-refractivity contribution in [3.63, 3.8) is 0 Å². The predicted octanol–water partition coefficient (Wildman–Crippen LogP) is 10.5. The van der Waals surface area contributed by atoms with Gasteiger partial charge >= 0.3 is 7.82 Å². The summed E-state index contributed by atoms with van der Waals surface area (Å²) in [7, 11) is -4.25. The van der Waals surface area contributed by atoms with Gasteiger partial charge in [0.1, 0.15) is 11.5 Å². The lowest BCUT2D eigenvalue weighted by atomic mass is 9.93. The van der Waals surface area contributed by atoms with Crippen molar-refractivity contribution < 1.29 is 28.0 Å². The monoisotopic (exact) mass is 653 g/mol. The van der Waals surface area contributed by atoms with Crippen LogP contribution in [0.25, 0.3) is 0 Å². The van der Waals surface area contributed by atoms with Crippen molar-refractivity contribution in [3.8, 4) is 5.75 Å². The largest absolute Gasteiger partial charge is 0.493 e. The van der Waals surface area contributed by atoms with Crippen LogP contribution in [-0.4, -0.2) is 36.5 Å². The number of Topliss-reactive ketones (excluding diaryl/α,β-unsaturated/α-hetero) is 1. The van der Waals surface area contributed by atoms with Gasteiger partial charge in [-0.15, -0.1) is 0 Å². The molecule has 0 bridgehead atoms. The first-order valence-corrected chi connectivity index (χ1v) is 19.9. The number of para-hydroxylation sites is 1. The summed E-state index contributed by atoms with van der Waals surface area (Å²) in [5, 5.41) is 0. The van der Waals surface area contributed by atoms with E-state index < -0.39 is 13.9 Å². The van der Waals surface area contributed by atoms with Crippen LogP contribution < -0.4 is 10.5 Å². The van der Waals surface area contributed by atoms with E-state index in [9.17, 15) is 14.3 Å². The molecule has 1 rings (SSSR count). The molecule has 3 unspecified atom stereocenters. The van der Waals surface area contributed by atoms with E-state index in [1.54, 1.807) is 6.92 Å². The first-order valence-electron chi connectivity index (χ1n) is 18.4. The molecule has 8 heteroatoms. The third-order valence-corrected chi connectivity index (χ3v) is 9.48. The van der Waals surface area contributed by atoms with E-state index in [1.165, 1.54) is 89.9 Å². The van der Waals surface area contributed by atoms with E-state index in [0.717, 1.165) is 30.6 Å². The predicted molar refractivity (Wildman–Crippen MR) is 188 cm³/mol. The SMILES string of the molecule is CCCCCCCCCCCCCCCCCCOc1ccccc1CC(COP(=O)(O)OC(C)CCCN)CC(=O)CCC. The lowest BCUT2D eigenvalue weighted by Crippen LogP contribution is -2.18. The summed E-state index contributed by atoms with van der Waals surface area (Å²) in [4.78, 5) is 22.8. The molecule has 0 radical (unpaired) electrons. The van der Waals surface area contributed by atoms with Crippen LogP contribution in [0.4, 0.5) is 0 Å². The number of carbonyl (C=O) groups excluding carboxylic acids is 1. The zero-order valence-corrected chi connectivity index (χ0v) is 30.0. The second-order valence-corrected chi connectivity index (χ2v) is 14.3. The number of unbranched alkanes of at least 4 members (excludes halogenated alkanes) is 15. The van der Waals surface area contributed by atoms with E-state index >= 15 is 0 Å². The number of ether oxygens (including phenoxy) is 1. The topological polar surface area (TPSA) is 108 Å². The molecule has 3 atom stereocenters. The summed E-state index contributed by atoms with van der Waals surface area (Å²) in [5.74, 6) is 0.681. The van der Waals surface area contributed by atoms with Gasteiger partial charge in [-0.3, -0.25) is 13.8 Å². The number of ketones is 1. The number of rotatable bonds is 32. The molecule has 0 saturated carbocycles. The zero-order chi connectivity index (χ0) is 33.0. The maximum atomic E-state index is 12.6. The van der Waals surface area contributed by atoms with Crippen LogP contribution in [-0.2, 0) is 24.8 Å². The molecular weight excluding hydrogens is 585 g/mol. The van der Waals surface area contributed by atoms with Gasteiger partial charge in [0.05, 0.1) is 19.3 Å². The molecule has 0 aliphatic heterocycles. The molecule has 7 nitrogen and oxygen atoms in total. The van der Waals surface area contributed by atoms with Crippen molar-refractivity contribution in [1.29, 1.82) is 0 Å². The minimum Gasteiger partial charge on any atom is -0.493 e. The lowest BCUT2D eigenvalue weighted by molar-refractivity contribution is -0.120. The summed E-state index contributed by atoms with van der Waals surface area (Å²) in [6, 6.07) is 7.89. The molecule has 0 fully saturated rings. The molecule has 0 heterocycles. The quantitative estimate of drug-likeness (QED) is 0.0588. The Morgan fingerprint density at radius 1 is 0.822 bits per heavy atom. The third-order valence-electron chi connectivity index (χ3n) is 8.38. The Labute approximate surface area is 276 Å². The van der Waals surface area contributed by atoms with Gasteiger partial charge in [0.15, 0.2) is 0 Å². The average molecular weight is 654 g/mol. The molecule has 0 spiro atoms. The van der Waals surface area contributed by atoms with Crippen LogP contribution in [0.5, 0.6) is 5.75 Å². The van der Waals surface area contributed by atoms with Crippen LogP contribution in [0, 0.1) is 5.92 Å². The lowest BCUT2D eigenvalue weighted by Gasteiger charge is -2.22. The maximum absolute atomic E-state index is 12.6. The molecule has 0 aliphatic rings. The van der Waals surface area contributed by atoms with E-state index in [2.05, 4.69) is 6.92 Å². The first-order chi connectivity index (χ1) is 21.8. The van der Waals surface area contributed by atoms with Crippen molar-refractivity contribution in [2.24, 2.45) is 11.7 Å². The minimum absolute atomic E-state index is 0.0414. The van der Waals surface area contributed by atoms with Crippen molar-refractivity contribution in [1.82, 2.24) is 0 Å². The highest BCUT2D eigenvalue weighted by Crippen LogP contribution is 2.46. The summed E-state index contributed by atoms with van der Waals surface area (Å²) in [6.45, 7) is 7.10. The number of hydrogen-bond donors (Lipinski definition) is 2. The fourth-order valence-electron chi connectivity index (χ4n) is 5.76. The number of benzene rings is 1. The second-order valence-electron chi connectivity index (χ2n) is 12.9. The number of phosphoric ester groups is 1. The standard InChI is InChI=1S/C37H68NO6P/c1-4-6-7-8-9-10-11-12-13-14-15-16-17-18-19-22-29-42-37-27-21-20-26-35(37)30-34(31-36(39)24-5-2)32-43-45(40,41)44-33(3)25-23-28-38/h20-21,26-27,33-34H,4-19,22-25,28-32,38H2,1-3H3,(H,40,41). The van der Waals surface area contributed by atoms with Gasteiger partial charge in [-0.2, -0.15) is 0 Å². The summed E-state index contributed by atoms with van der Waals surface area (Å²) in [5.41, 5.74) is 6.52. The zero-order valence-electron chi connectivity index (χ0n) is 29.2. The summed E-state index contributed by atoms with van der Waals surface area (Å²) < 4.78 is 29.4. The molecule has 3 N–H and O–H groups in total. The van der Waals surface area contributed by atoms with Crippen molar-refractivity contribution in [3.05, 3.63) is 29.8 Å². The van der Waals surface area contributed by atoms with E-state index in [4.69, 9.17) is 19.5 Å². The molecule has 0 aliphatic carbocycles. The van der Waals surface area contributed by atoms with Crippen LogP contribution in [0.3, 0.4) is 0 Å². The highest BCUT2D eigenvalue weighted by Gasteiger charge is 2.27. The molecule has 262 valence electrons. The van der Waals surface area contributed by atoms with Crippen LogP contribution in [0.2, 0.25) is 0 Å². The smallest absolute Gasteiger partial charge is 0.472 e. The highest BCUT2D eigenvalue weighted by atomic mass is 31.2. The number of hydrogen-bond acceptors (Lipinski definition) is 6. The van der Waals surface area contributed by atoms with Crippen LogP contribution >= 0.6 is 7.82 Å². The normalized spacial score (nSPS) is 14.2. The van der Waals surface area contributed by atoms with Crippen LogP contribution in [0.1, 0.15) is 161 Å². The van der Waals surface area contributed by atoms with Gasteiger partial charge in [-0.1, -0.05) is 128 Å². The third kappa shape index (κ3) is 23.7. The van der Waals surface area contributed by atoms with Gasteiger partial charge in [-0.05, 0) is 63.1 Å². The molecule has 0 amide bonds. The second kappa shape index (κ2) is 27.8. The Balaban J connectivity index is 2.37. The number of nitrogens with two attached hydrogens (primary N) is 1. The molecule has 0 saturated heterocycles. The van der Waals surface area contributed by atoms with E-state index in [1.807, 2.05) is 31.2 Å². The first kappa shape index (κ1) is 41.8. The Hall–Kier alpha value is -1.24. The fourth-order valence-corrected chi connectivity index (χ4v) is 6.79. The highest BCUT2D eigenvalue weighted by molar-refractivity contribution is 7.47. The Kier molecular flexibility index (Phi) is 25.8. The van der Waals surface area contributed by atoms with Crippen molar-refractivity contribution in [2.45, 2.75) is 168 Å². The molecular formula is C37H68NO6P. The van der Waals surface area contributed by atoms with Crippen LogP contribution in [0.15, 0.2) is 24.3 Å². The fraction of sp³-hybridized carbons (Fsp3) is 0.811. The van der Waals surface area contributed by atoms with Gasteiger partial charge in [0.2, 0.25) is 0 Å². The Bertz CT molecular complexity index is 897. The summed E-state index contributed by atoms with van der Waals surface area (Å²) >= 11 is 0. The average Bonchev–Trinajstić information content (AvgIpc) is 3.01. The van der Waals surface area contributed by atoms with Gasteiger partial charge < -0.3 is 15.4 Å². The van der Waals surface area contributed by atoms with E-state index in [0.29, 0.717) is 38.8 Å². The number of carbonyl (C=O) groups is 1. The summed E-state index contributed by atoms with van der Waals surface area (Å²) in [6.07, 6.45) is 24.3. The van der Waals surface area contributed by atoms with E-state index in [-0.39, 0.29) is 24.7 Å². The molecule has 45 heavy (non-hydrogen) atoms. The maximum Gasteiger partial charge on any atom is 0.472 e. The van der Waals surface area contributed by atoms with Gasteiger partial charge in [0.25, 0.3) is 0 Å².